The van der Waals surface area contributed by atoms with E-state index in [0.717, 1.165) is 0 Å². The number of hydrogen-bond acceptors (Lipinski definition) is 0. The average molecular weight is 211 g/mol. The molecule has 0 fully saturated rings. The minimum absolute atomic E-state index is 0.539. The zero-order valence-electron chi connectivity index (χ0n) is 8.98. The minimum Gasteiger partial charge on any atom is -0.0673 e. The molecule has 2 aromatic carbocycles. The first-order valence-corrected chi connectivity index (χ1v) is 7.09. The molecule has 0 saturated heterocycles. The van der Waals surface area contributed by atoms with Crippen LogP contribution in [0.15, 0.2) is 60.7 Å². The van der Waals surface area contributed by atoms with Gasteiger partial charge in [-0.15, -0.1) is 0 Å². The molecule has 0 N–H and O–H groups in total. The Morgan fingerprint density at radius 1 is 0.733 bits per heavy atom. The van der Waals surface area contributed by atoms with Crippen LogP contribution in [0.2, 0.25) is 6.04 Å². The summed E-state index contributed by atoms with van der Waals surface area (Å²) in [6, 6.07) is 23.0. The molecule has 0 atom stereocenters. The highest BCUT2D eigenvalue weighted by atomic mass is 28.3. The molecule has 0 aromatic heterocycles. The quantitative estimate of drug-likeness (QED) is 0.684. The van der Waals surface area contributed by atoms with Gasteiger partial charge in [-0.2, -0.15) is 0 Å². The van der Waals surface area contributed by atoms with E-state index in [9.17, 15) is 0 Å². The van der Waals surface area contributed by atoms with Gasteiger partial charge in [0.2, 0.25) is 0 Å². The first-order chi connectivity index (χ1) is 7.42. The van der Waals surface area contributed by atoms with Crippen LogP contribution in [0.25, 0.3) is 0 Å². The van der Waals surface area contributed by atoms with Crippen molar-refractivity contribution < 1.29 is 0 Å². The molecule has 1 heteroatoms. The summed E-state index contributed by atoms with van der Waals surface area (Å²) in [5, 5.41) is 3.02. The topological polar surface area (TPSA) is 0 Å². The average Bonchev–Trinajstić information content (AvgIpc) is 2.33. The van der Waals surface area contributed by atoms with Crippen LogP contribution in [-0.4, -0.2) is 8.80 Å². The van der Waals surface area contributed by atoms with Crippen molar-refractivity contribution in [3.63, 3.8) is 0 Å². The van der Waals surface area contributed by atoms with Gasteiger partial charge in [0.25, 0.3) is 0 Å². The summed E-state index contributed by atoms with van der Waals surface area (Å²) in [4.78, 5) is 0. The first kappa shape index (κ1) is 10.2. The molecule has 0 saturated carbocycles. The van der Waals surface area contributed by atoms with Crippen LogP contribution in [0.1, 0.15) is 6.92 Å². The van der Waals surface area contributed by atoms with E-state index in [-0.39, 0.29) is 0 Å². The van der Waals surface area contributed by atoms with Crippen LogP contribution >= 0.6 is 0 Å². The van der Waals surface area contributed by atoms with Crippen molar-refractivity contribution in [2.45, 2.75) is 13.0 Å². The standard InChI is InChI=1S/C14H15Si/c1-2-15(13-9-5-3-6-10-13)14-11-7-4-8-12-14/h3-12H,2H2,1H3. The fraction of sp³-hybridized carbons (Fsp3) is 0.143. The molecule has 0 spiro atoms. The van der Waals surface area contributed by atoms with E-state index in [1.807, 2.05) is 0 Å². The predicted molar refractivity (Wildman–Crippen MR) is 68.4 cm³/mol. The molecule has 0 aliphatic carbocycles. The number of hydrogen-bond donors (Lipinski definition) is 0. The Morgan fingerprint density at radius 2 is 1.13 bits per heavy atom. The number of benzene rings is 2. The van der Waals surface area contributed by atoms with E-state index in [0.29, 0.717) is 0 Å². The molecule has 75 valence electrons. The molecule has 0 amide bonds. The van der Waals surface area contributed by atoms with E-state index in [1.54, 1.807) is 0 Å². The van der Waals surface area contributed by atoms with Crippen molar-refractivity contribution in [3.8, 4) is 0 Å². The van der Waals surface area contributed by atoms with Gasteiger partial charge in [-0.05, 0) is 0 Å². The Balaban J connectivity index is 2.34. The van der Waals surface area contributed by atoms with Gasteiger partial charge in [0.1, 0.15) is 8.80 Å². The van der Waals surface area contributed by atoms with Gasteiger partial charge < -0.3 is 0 Å². The summed E-state index contributed by atoms with van der Waals surface area (Å²) in [5.74, 6) is 0. The van der Waals surface area contributed by atoms with E-state index in [2.05, 4.69) is 67.6 Å². The molecule has 15 heavy (non-hydrogen) atoms. The van der Waals surface area contributed by atoms with Crippen molar-refractivity contribution in [2.75, 3.05) is 0 Å². The van der Waals surface area contributed by atoms with Crippen molar-refractivity contribution in [2.24, 2.45) is 0 Å². The maximum Gasteiger partial charge on any atom is 0.121 e. The van der Waals surface area contributed by atoms with Crippen LogP contribution in [0, 0.1) is 0 Å². The second-order valence-electron chi connectivity index (χ2n) is 3.56. The third-order valence-electron chi connectivity index (χ3n) is 2.60. The zero-order valence-corrected chi connectivity index (χ0v) is 9.98. The largest absolute Gasteiger partial charge is 0.121 e. The lowest BCUT2D eigenvalue weighted by molar-refractivity contribution is 1.43. The monoisotopic (exact) mass is 211 g/mol. The molecule has 0 heterocycles. The smallest absolute Gasteiger partial charge is 0.0673 e. The predicted octanol–water partition coefficient (Wildman–Crippen LogP) is 2.32. The molecule has 2 rings (SSSR count). The highest BCUT2D eigenvalue weighted by Gasteiger charge is 2.12. The lowest BCUT2D eigenvalue weighted by Crippen LogP contribution is -2.41. The second kappa shape index (κ2) is 4.94. The van der Waals surface area contributed by atoms with Crippen LogP contribution in [0.4, 0.5) is 0 Å². The summed E-state index contributed by atoms with van der Waals surface area (Å²) < 4.78 is 0. The lowest BCUT2D eigenvalue weighted by atomic mass is 10.4. The van der Waals surface area contributed by atoms with Crippen molar-refractivity contribution >= 4 is 19.2 Å². The van der Waals surface area contributed by atoms with E-state index in [4.69, 9.17) is 0 Å². The summed E-state index contributed by atoms with van der Waals surface area (Å²) in [5.41, 5.74) is 0. The van der Waals surface area contributed by atoms with Crippen molar-refractivity contribution in [3.05, 3.63) is 60.7 Å². The highest BCUT2D eigenvalue weighted by molar-refractivity contribution is 6.85. The third kappa shape index (κ3) is 2.36. The lowest BCUT2D eigenvalue weighted by Gasteiger charge is -2.13. The van der Waals surface area contributed by atoms with Gasteiger partial charge >= 0.3 is 0 Å². The maximum absolute atomic E-state index is 2.29. The van der Waals surface area contributed by atoms with Gasteiger partial charge in [0, 0.05) is 0 Å². The second-order valence-corrected chi connectivity index (χ2v) is 6.38. The highest BCUT2D eigenvalue weighted by Crippen LogP contribution is 1.96. The van der Waals surface area contributed by atoms with Gasteiger partial charge in [0.15, 0.2) is 0 Å². The van der Waals surface area contributed by atoms with Crippen molar-refractivity contribution in [1.29, 1.82) is 0 Å². The Labute approximate surface area is 93.2 Å². The van der Waals surface area contributed by atoms with E-state index >= 15 is 0 Å². The molecule has 0 aliphatic heterocycles. The Hall–Kier alpha value is -1.34. The molecular formula is C14H15Si. The van der Waals surface area contributed by atoms with Crippen molar-refractivity contribution in [1.82, 2.24) is 0 Å². The molecule has 0 unspecified atom stereocenters. The molecule has 2 aromatic rings. The van der Waals surface area contributed by atoms with Crippen LogP contribution in [0.5, 0.6) is 0 Å². The normalized spacial score (nSPS) is 10.5. The van der Waals surface area contributed by atoms with Crippen LogP contribution in [0.3, 0.4) is 0 Å². The SMILES string of the molecule is CC[Si](c1ccccc1)c1ccccc1. The summed E-state index contributed by atoms with van der Waals surface area (Å²) >= 11 is 0. The van der Waals surface area contributed by atoms with Crippen LogP contribution < -0.4 is 10.4 Å². The van der Waals surface area contributed by atoms with Gasteiger partial charge in [-0.1, -0.05) is 84.0 Å². The summed E-state index contributed by atoms with van der Waals surface area (Å²) in [7, 11) is -0.539. The fourth-order valence-electron chi connectivity index (χ4n) is 1.85. The maximum atomic E-state index is 2.29. The van der Waals surface area contributed by atoms with E-state index in [1.165, 1.54) is 16.4 Å². The molecule has 1 radical (unpaired) electrons. The molecule has 0 aliphatic rings. The minimum atomic E-state index is -0.539. The number of rotatable bonds is 3. The molecular weight excluding hydrogens is 196 g/mol. The Kier molecular flexibility index (Phi) is 3.35. The van der Waals surface area contributed by atoms with Gasteiger partial charge in [-0.3, -0.25) is 0 Å². The van der Waals surface area contributed by atoms with Gasteiger partial charge in [0.05, 0.1) is 0 Å². The summed E-state index contributed by atoms with van der Waals surface area (Å²) in [6.45, 7) is 2.29. The molecule has 0 bridgehead atoms. The first-order valence-electron chi connectivity index (χ1n) is 5.38. The van der Waals surface area contributed by atoms with Crippen LogP contribution in [-0.2, 0) is 0 Å². The van der Waals surface area contributed by atoms with E-state index < -0.39 is 8.80 Å². The zero-order chi connectivity index (χ0) is 10.5. The van der Waals surface area contributed by atoms with Gasteiger partial charge in [-0.25, -0.2) is 0 Å². The third-order valence-corrected chi connectivity index (χ3v) is 5.37. The molecule has 0 nitrogen and oxygen atoms in total. The fourth-order valence-corrected chi connectivity index (χ4v) is 4.19. The Bertz CT molecular complexity index is 355. The summed E-state index contributed by atoms with van der Waals surface area (Å²) in [6.07, 6.45) is 0. The Morgan fingerprint density at radius 3 is 1.47 bits per heavy atom.